The molecule has 4 aliphatic rings. The van der Waals surface area contributed by atoms with Crippen LogP contribution in [0.5, 0.6) is 0 Å². The van der Waals surface area contributed by atoms with Gasteiger partial charge in [0.1, 0.15) is 12.1 Å². The number of benzene rings is 1. The van der Waals surface area contributed by atoms with Gasteiger partial charge in [-0.3, -0.25) is 24.4 Å². The van der Waals surface area contributed by atoms with Gasteiger partial charge in [0.25, 0.3) is 5.91 Å². The highest BCUT2D eigenvalue weighted by Gasteiger charge is 2.42. The summed E-state index contributed by atoms with van der Waals surface area (Å²) in [5, 5.41) is 12.1. The van der Waals surface area contributed by atoms with Gasteiger partial charge in [-0.2, -0.15) is 0 Å². The van der Waals surface area contributed by atoms with Gasteiger partial charge in [-0.25, -0.2) is 10.4 Å². The maximum Gasteiger partial charge on any atom is 0.324 e. The fraction of sp³-hybridized carbons (Fsp3) is 0.596. The number of aryl methyl sites for hydroxylation is 1. The molecule has 5 heterocycles. The molecule has 60 heavy (non-hydrogen) atoms. The van der Waals surface area contributed by atoms with E-state index in [-0.39, 0.29) is 42.8 Å². The molecule has 3 N–H and O–H groups in total. The molecule has 12 nitrogen and oxygen atoms in total. The van der Waals surface area contributed by atoms with Crippen LogP contribution in [0.25, 0.3) is 33.4 Å². The average Bonchev–Trinajstić information content (AvgIpc) is 3.80. The Morgan fingerprint density at radius 1 is 1.13 bits per heavy atom. The molecule has 0 radical (unpaired) electrons. The van der Waals surface area contributed by atoms with Crippen molar-refractivity contribution in [2.24, 2.45) is 17.3 Å². The Morgan fingerprint density at radius 2 is 1.93 bits per heavy atom. The highest BCUT2D eigenvalue weighted by atomic mass is 32.1. The molecule has 322 valence electrons. The van der Waals surface area contributed by atoms with Crippen LogP contribution in [0.15, 0.2) is 35.8 Å². The van der Waals surface area contributed by atoms with Gasteiger partial charge >= 0.3 is 5.97 Å². The van der Waals surface area contributed by atoms with Crippen molar-refractivity contribution in [2.45, 2.75) is 136 Å². The Hall–Kier alpha value is -4.17. The van der Waals surface area contributed by atoms with Crippen molar-refractivity contribution < 1.29 is 23.9 Å². The summed E-state index contributed by atoms with van der Waals surface area (Å²) in [6.07, 6.45) is 10.5. The molecule has 2 saturated carbocycles. The molecule has 6 bridgehead atoms. The second-order valence-electron chi connectivity index (χ2n) is 18.6. The van der Waals surface area contributed by atoms with Crippen LogP contribution in [0.1, 0.15) is 120 Å². The van der Waals surface area contributed by atoms with E-state index in [9.17, 15) is 14.4 Å². The number of ether oxygens (including phenoxy) is 2. The molecule has 2 unspecified atom stereocenters. The van der Waals surface area contributed by atoms with Crippen molar-refractivity contribution >= 4 is 40.0 Å². The normalized spacial score (nSPS) is 26.6. The van der Waals surface area contributed by atoms with E-state index in [1.54, 1.807) is 7.11 Å². The molecule has 1 aromatic carbocycles. The summed E-state index contributed by atoms with van der Waals surface area (Å²) in [5.41, 5.74) is 11.2. The van der Waals surface area contributed by atoms with E-state index in [1.807, 2.05) is 0 Å². The third kappa shape index (κ3) is 8.78. The van der Waals surface area contributed by atoms with Gasteiger partial charge in [-0.1, -0.05) is 39.7 Å². The minimum absolute atomic E-state index is 0.0890. The highest BCUT2D eigenvalue weighted by Crippen LogP contribution is 2.44. The molecule has 13 heteroatoms. The van der Waals surface area contributed by atoms with Gasteiger partial charge in [-0.05, 0) is 107 Å². The fourth-order valence-electron chi connectivity index (χ4n) is 9.74. The van der Waals surface area contributed by atoms with Gasteiger partial charge in [0, 0.05) is 77.6 Å². The summed E-state index contributed by atoms with van der Waals surface area (Å²) in [5.74, 6) is -0.155. The van der Waals surface area contributed by atoms with Crippen molar-refractivity contribution in [1.82, 2.24) is 35.6 Å². The predicted octanol–water partition coefficient (Wildman–Crippen LogP) is 7.49. The van der Waals surface area contributed by atoms with Gasteiger partial charge in [0.15, 0.2) is 0 Å². The van der Waals surface area contributed by atoms with E-state index in [4.69, 9.17) is 19.4 Å². The summed E-state index contributed by atoms with van der Waals surface area (Å²) in [6, 6.07) is 7.96. The second-order valence-corrected chi connectivity index (χ2v) is 19.5. The Labute approximate surface area is 358 Å². The zero-order valence-corrected chi connectivity index (χ0v) is 37.3. The minimum Gasteiger partial charge on any atom is -0.464 e. The van der Waals surface area contributed by atoms with E-state index in [2.05, 4.69) is 98.1 Å². The molecular weight excluding hydrogens is 775 g/mol. The Kier molecular flexibility index (Phi) is 12.5. The zero-order valence-electron chi connectivity index (χ0n) is 36.4. The lowest BCUT2D eigenvalue weighted by molar-refractivity contribution is -0.155. The number of aromatic nitrogens is 3. The van der Waals surface area contributed by atoms with E-state index in [0.717, 1.165) is 69.9 Å². The predicted molar refractivity (Wildman–Crippen MR) is 235 cm³/mol. The largest absolute Gasteiger partial charge is 0.464 e. The van der Waals surface area contributed by atoms with Gasteiger partial charge in [0.05, 0.1) is 34.8 Å². The molecule has 7 atom stereocenters. The molecule has 2 aliphatic carbocycles. The highest BCUT2D eigenvalue weighted by molar-refractivity contribution is 7.10. The number of carbonyl (C=O) groups excluding carboxylic acids is 3. The van der Waals surface area contributed by atoms with Crippen molar-refractivity contribution in [3.05, 3.63) is 57.7 Å². The molecule has 3 fully saturated rings. The molecule has 3 aromatic heterocycles. The molecule has 2 aliphatic heterocycles. The number of hydrazine groups is 1. The summed E-state index contributed by atoms with van der Waals surface area (Å²) < 4.78 is 14.6. The van der Waals surface area contributed by atoms with Gasteiger partial charge < -0.3 is 24.7 Å². The number of pyridine rings is 1. The van der Waals surface area contributed by atoms with Crippen LogP contribution in [0.3, 0.4) is 0 Å². The first-order valence-electron chi connectivity index (χ1n) is 22.2. The van der Waals surface area contributed by atoms with E-state index < -0.39 is 17.5 Å². The second kappa shape index (κ2) is 17.7. The summed E-state index contributed by atoms with van der Waals surface area (Å²) in [4.78, 5) is 51.6. The quantitative estimate of drug-likeness (QED) is 0.122. The number of nitrogens with one attached hydrogen (secondary N) is 3. The monoisotopic (exact) mass is 837 g/mol. The number of fused-ring (bicyclic) bond motifs is 6. The van der Waals surface area contributed by atoms with Crippen LogP contribution in [-0.2, 0) is 43.2 Å². The number of cyclic esters (lactones) is 1. The Morgan fingerprint density at radius 3 is 2.68 bits per heavy atom. The lowest BCUT2D eigenvalue weighted by Crippen LogP contribution is -2.60. The van der Waals surface area contributed by atoms with Crippen molar-refractivity contribution in [1.29, 1.82) is 0 Å². The van der Waals surface area contributed by atoms with E-state index in [1.165, 1.54) is 46.7 Å². The first kappa shape index (κ1) is 42.5. The Balaban J connectivity index is 1.27. The minimum atomic E-state index is -0.824. The molecule has 8 rings (SSSR count). The molecule has 2 amide bonds. The molecular formula is C47H63N7O5S. The topological polar surface area (TPSA) is 140 Å². The lowest BCUT2D eigenvalue weighted by Gasteiger charge is -2.35. The molecule has 4 aromatic rings. The summed E-state index contributed by atoms with van der Waals surface area (Å²) in [7, 11) is 3.82. The number of hydrogen-bond donors (Lipinski definition) is 3. The first-order valence-corrected chi connectivity index (χ1v) is 23.1. The SMILES string of the molecule is CCn1c(-c2cc(C3CCCCC(NC)C3)cnc2[C@H](C)OC)c2c3cc(ccc31)-c1csc(n1)C[C@H](NC(=O)[C@H]1C[C@@H]1C)C(=O)N1CCC[C@H](N1)C(=O)OCC(C)(C)C2. The van der Waals surface area contributed by atoms with Crippen LogP contribution >= 0.6 is 11.3 Å². The Bertz CT molecular complexity index is 2230. The number of hydrogen-bond acceptors (Lipinski definition) is 10. The van der Waals surface area contributed by atoms with Gasteiger partial charge in [0.2, 0.25) is 5.91 Å². The maximum atomic E-state index is 14.2. The number of amides is 2. The number of thiazole rings is 1. The molecule has 1 saturated heterocycles. The smallest absolute Gasteiger partial charge is 0.324 e. The maximum absolute atomic E-state index is 14.2. The van der Waals surface area contributed by atoms with E-state index in [0.29, 0.717) is 43.7 Å². The van der Waals surface area contributed by atoms with Crippen LogP contribution in [0.2, 0.25) is 0 Å². The average molecular weight is 838 g/mol. The number of rotatable bonds is 8. The number of esters is 1. The third-order valence-corrected chi connectivity index (χ3v) is 14.4. The van der Waals surface area contributed by atoms with Crippen LogP contribution < -0.4 is 16.1 Å². The fourth-order valence-corrected chi connectivity index (χ4v) is 10.6. The van der Waals surface area contributed by atoms with E-state index >= 15 is 0 Å². The summed E-state index contributed by atoms with van der Waals surface area (Å²) >= 11 is 1.50. The zero-order chi connectivity index (χ0) is 42.3. The number of methoxy groups -OCH3 is 1. The van der Waals surface area contributed by atoms with Crippen LogP contribution in [0, 0.1) is 17.3 Å². The lowest BCUT2D eigenvalue weighted by atomic mass is 9.83. The number of carbonyl (C=O) groups is 3. The van der Waals surface area contributed by atoms with Crippen LogP contribution in [-0.4, -0.2) is 82.8 Å². The van der Waals surface area contributed by atoms with Crippen molar-refractivity contribution in [3.8, 4) is 22.5 Å². The van der Waals surface area contributed by atoms with Crippen LogP contribution in [0.4, 0.5) is 0 Å². The van der Waals surface area contributed by atoms with Crippen molar-refractivity contribution in [3.63, 3.8) is 0 Å². The summed E-state index contributed by atoms with van der Waals surface area (Å²) in [6.45, 7) is 12.0. The van der Waals surface area contributed by atoms with Crippen molar-refractivity contribution in [2.75, 3.05) is 27.3 Å². The molecule has 0 spiro atoms. The third-order valence-electron chi connectivity index (χ3n) is 13.5. The number of nitrogens with zero attached hydrogens (tertiary/aromatic N) is 4. The standard InChI is InChI=1S/C47H63N7O5S/c1-8-53-40-16-15-30-20-34(40)36(43(53)35-21-31(24-49-42(35)28(3)58-7)29-12-9-10-13-32(19-29)48-6)23-47(4,5)26-59-46(57)37-14-11-17-54(52-37)45(56)38(22-41-50-39(30)25-60-41)51-44(55)33-18-27(33)2/h15-16,20-21,24-25,27-29,32-33,37-38,48,52H,8-14,17-19,22-23,26H2,1-7H3,(H,51,55)/t27-,28-,29?,32?,33-,37-,38-/m0/s1. The van der Waals surface area contributed by atoms with Gasteiger partial charge in [-0.15, -0.1) is 11.3 Å². The first-order chi connectivity index (χ1) is 28.9.